The minimum atomic E-state index is 0.676. The molecule has 2 rings (SSSR count). The summed E-state index contributed by atoms with van der Waals surface area (Å²) < 4.78 is 0. The van der Waals surface area contributed by atoms with E-state index in [1.54, 1.807) is 0 Å². The van der Waals surface area contributed by atoms with Crippen molar-refractivity contribution >= 4 is 5.71 Å². The summed E-state index contributed by atoms with van der Waals surface area (Å²) in [6.45, 7) is 5.40. The van der Waals surface area contributed by atoms with E-state index in [1.807, 2.05) is 6.20 Å². The Bertz CT molecular complexity index is 226. The van der Waals surface area contributed by atoms with Gasteiger partial charge >= 0.3 is 0 Å². The standard InChI is InChI=1S/C10H17N3/c1-9-8-13(6-5-12-9)10-3-2-4-11-7-10/h5-6,10-11H,2-4,7-8H2,1H3/t10-/m1/s1. The molecule has 72 valence electrons. The Hall–Kier alpha value is -0.830. The van der Waals surface area contributed by atoms with E-state index in [9.17, 15) is 0 Å². The smallest absolute Gasteiger partial charge is 0.0558 e. The van der Waals surface area contributed by atoms with E-state index in [-0.39, 0.29) is 0 Å². The fraction of sp³-hybridized carbons (Fsp3) is 0.700. The molecule has 0 amide bonds. The summed E-state index contributed by atoms with van der Waals surface area (Å²) in [4.78, 5) is 6.65. The van der Waals surface area contributed by atoms with Crippen molar-refractivity contribution < 1.29 is 0 Å². The molecule has 0 aliphatic carbocycles. The number of nitrogens with one attached hydrogen (secondary N) is 1. The van der Waals surface area contributed by atoms with Crippen LogP contribution >= 0.6 is 0 Å². The molecule has 0 saturated carbocycles. The van der Waals surface area contributed by atoms with Crippen molar-refractivity contribution in [2.45, 2.75) is 25.8 Å². The summed E-state index contributed by atoms with van der Waals surface area (Å²) in [6, 6.07) is 0.676. The Labute approximate surface area is 79.5 Å². The molecule has 0 radical (unpaired) electrons. The summed E-state index contributed by atoms with van der Waals surface area (Å²) in [6.07, 6.45) is 6.63. The zero-order chi connectivity index (χ0) is 9.10. The van der Waals surface area contributed by atoms with Crippen LogP contribution in [0.15, 0.2) is 17.4 Å². The third-order valence-electron chi connectivity index (χ3n) is 2.70. The highest BCUT2D eigenvalue weighted by atomic mass is 15.2. The number of hydrogen-bond acceptors (Lipinski definition) is 3. The second kappa shape index (κ2) is 3.92. The second-order valence-corrected chi connectivity index (χ2v) is 3.84. The Morgan fingerprint density at radius 3 is 3.23 bits per heavy atom. The third-order valence-corrected chi connectivity index (χ3v) is 2.70. The lowest BCUT2D eigenvalue weighted by Gasteiger charge is -2.34. The number of nitrogens with zero attached hydrogens (tertiary/aromatic N) is 2. The van der Waals surface area contributed by atoms with Gasteiger partial charge < -0.3 is 10.2 Å². The average Bonchev–Trinajstić information content (AvgIpc) is 2.19. The molecule has 0 aromatic rings. The van der Waals surface area contributed by atoms with E-state index in [1.165, 1.54) is 25.1 Å². The monoisotopic (exact) mass is 179 g/mol. The van der Waals surface area contributed by atoms with Gasteiger partial charge in [-0.1, -0.05) is 0 Å². The number of rotatable bonds is 1. The van der Waals surface area contributed by atoms with Crippen LogP contribution in [0.4, 0.5) is 0 Å². The van der Waals surface area contributed by atoms with Gasteiger partial charge in [0.2, 0.25) is 0 Å². The first-order valence-electron chi connectivity index (χ1n) is 5.02. The van der Waals surface area contributed by atoms with E-state index >= 15 is 0 Å². The van der Waals surface area contributed by atoms with Gasteiger partial charge in [0, 0.05) is 30.7 Å². The maximum atomic E-state index is 4.25. The van der Waals surface area contributed by atoms with Gasteiger partial charge in [0.1, 0.15) is 0 Å². The summed E-state index contributed by atoms with van der Waals surface area (Å²) in [7, 11) is 0. The second-order valence-electron chi connectivity index (χ2n) is 3.84. The van der Waals surface area contributed by atoms with Crippen molar-refractivity contribution in [3.05, 3.63) is 12.4 Å². The predicted molar refractivity (Wildman–Crippen MR) is 54.8 cm³/mol. The van der Waals surface area contributed by atoms with Gasteiger partial charge in [0.15, 0.2) is 0 Å². The van der Waals surface area contributed by atoms with Crippen molar-refractivity contribution in [2.24, 2.45) is 4.99 Å². The van der Waals surface area contributed by atoms with Crippen LogP contribution in [0.2, 0.25) is 0 Å². The quantitative estimate of drug-likeness (QED) is 0.650. The molecule has 1 fully saturated rings. The van der Waals surface area contributed by atoms with Crippen LogP contribution in [0, 0.1) is 0 Å². The van der Waals surface area contributed by atoms with Gasteiger partial charge in [0.25, 0.3) is 0 Å². The maximum absolute atomic E-state index is 4.25. The molecule has 0 aromatic heterocycles. The zero-order valence-electron chi connectivity index (χ0n) is 8.16. The number of hydrogen-bond donors (Lipinski definition) is 1. The summed E-state index contributed by atoms with van der Waals surface area (Å²) >= 11 is 0. The molecular formula is C10H17N3. The number of piperidine rings is 1. The molecule has 0 unspecified atom stereocenters. The first kappa shape index (κ1) is 8.75. The first-order valence-corrected chi connectivity index (χ1v) is 5.02. The molecule has 0 spiro atoms. The van der Waals surface area contributed by atoms with Crippen molar-refractivity contribution in [1.82, 2.24) is 10.2 Å². The summed E-state index contributed by atoms with van der Waals surface area (Å²) in [5.41, 5.74) is 1.22. The lowest BCUT2D eigenvalue weighted by Crippen LogP contribution is -2.45. The summed E-state index contributed by atoms with van der Waals surface area (Å²) in [5, 5.41) is 3.43. The molecule has 1 atom stereocenters. The molecule has 1 N–H and O–H groups in total. The first-order chi connectivity index (χ1) is 6.36. The van der Waals surface area contributed by atoms with Crippen LogP contribution < -0.4 is 5.32 Å². The molecule has 2 aliphatic heterocycles. The van der Waals surface area contributed by atoms with E-state index in [2.05, 4.69) is 28.3 Å². The van der Waals surface area contributed by atoms with E-state index in [0.717, 1.165) is 13.1 Å². The summed E-state index contributed by atoms with van der Waals surface area (Å²) in [5.74, 6) is 0. The van der Waals surface area contributed by atoms with Gasteiger partial charge in [-0.05, 0) is 26.3 Å². The van der Waals surface area contributed by atoms with E-state index in [0.29, 0.717) is 6.04 Å². The Kier molecular flexibility index (Phi) is 2.64. The Balaban J connectivity index is 1.93. The minimum absolute atomic E-state index is 0.676. The topological polar surface area (TPSA) is 27.6 Å². The van der Waals surface area contributed by atoms with Gasteiger partial charge in [-0.15, -0.1) is 0 Å². The third kappa shape index (κ3) is 2.10. The van der Waals surface area contributed by atoms with E-state index < -0.39 is 0 Å². The van der Waals surface area contributed by atoms with Gasteiger partial charge in [-0.3, -0.25) is 4.99 Å². The predicted octanol–water partition coefficient (Wildman–Crippen LogP) is 0.986. The van der Waals surface area contributed by atoms with Crippen LogP contribution in [0.1, 0.15) is 19.8 Å². The van der Waals surface area contributed by atoms with Crippen LogP contribution in [0.5, 0.6) is 0 Å². The highest BCUT2D eigenvalue weighted by Crippen LogP contribution is 2.12. The van der Waals surface area contributed by atoms with Crippen LogP contribution in [0.25, 0.3) is 0 Å². The lowest BCUT2D eigenvalue weighted by atomic mass is 10.1. The number of aliphatic imine (C=N–C) groups is 1. The van der Waals surface area contributed by atoms with Crippen LogP contribution in [-0.2, 0) is 0 Å². The van der Waals surface area contributed by atoms with Crippen molar-refractivity contribution in [1.29, 1.82) is 0 Å². The maximum Gasteiger partial charge on any atom is 0.0558 e. The van der Waals surface area contributed by atoms with Crippen molar-refractivity contribution in [3.63, 3.8) is 0 Å². The molecule has 3 heteroatoms. The molecule has 13 heavy (non-hydrogen) atoms. The van der Waals surface area contributed by atoms with Crippen LogP contribution in [-0.4, -0.2) is 36.3 Å². The Morgan fingerprint density at radius 2 is 2.54 bits per heavy atom. The highest BCUT2D eigenvalue weighted by molar-refractivity contribution is 5.85. The van der Waals surface area contributed by atoms with Gasteiger partial charge in [-0.2, -0.15) is 0 Å². The molecule has 1 saturated heterocycles. The molecule has 0 aromatic carbocycles. The Morgan fingerprint density at radius 1 is 1.62 bits per heavy atom. The van der Waals surface area contributed by atoms with Gasteiger partial charge in [0.05, 0.1) is 6.54 Å². The van der Waals surface area contributed by atoms with Gasteiger partial charge in [-0.25, -0.2) is 0 Å². The fourth-order valence-electron chi connectivity index (χ4n) is 1.97. The minimum Gasteiger partial charge on any atom is -0.366 e. The van der Waals surface area contributed by atoms with Crippen molar-refractivity contribution in [3.8, 4) is 0 Å². The molecule has 2 heterocycles. The van der Waals surface area contributed by atoms with Crippen molar-refractivity contribution in [2.75, 3.05) is 19.6 Å². The average molecular weight is 179 g/mol. The highest BCUT2D eigenvalue weighted by Gasteiger charge is 2.19. The zero-order valence-corrected chi connectivity index (χ0v) is 8.16. The molecule has 3 nitrogen and oxygen atoms in total. The normalized spacial score (nSPS) is 28.8. The van der Waals surface area contributed by atoms with E-state index in [4.69, 9.17) is 0 Å². The lowest BCUT2D eigenvalue weighted by molar-refractivity contribution is 0.251. The largest absolute Gasteiger partial charge is 0.366 e. The molecule has 2 aliphatic rings. The van der Waals surface area contributed by atoms with Crippen LogP contribution in [0.3, 0.4) is 0 Å². The SMILES string of the molecule is CC1=NC=CN([C@@H]2CCCNC2)C1. The molecule has 0 bridgehead atoms. The molecular weight excluding hydrogens is 162 g/mol. The fourth-order valence-corrected chi connectivity index (χ4v) is 1.97.